The highest BCUT2D eigenvalue weighted by molar-refractivity contribution is 4.76. The molecule has 1 atom stereocenters. The highest BCUT2D eigenvalue weighted by Crippen LogP contribution is 2.07. The van der Waals surface area contributed by atoms with Gasteiger partial charge in [-0.3, -0.25) is 0 Å². The third-order valence-corrected chi connectivity index (χ3v) is 2.45. The van der Waals surface area contributed by atoms with E-state index in [1.54, 1.807) is 0 Å². The minimum atomic E-state index is 0.791. The van der Waals surface area contributed by atoms with Crippen LogP contribution in [0, 0.1) is 0 Å². The fourth-order valence-electron chi connectivity index (χ4n) is 1.54. The number of nitrogens with zero attached hydrogens (tertiary/aromatic N) is 2. The molecular formula is C8H18N2. The van der Waals surface area contributed by atoms with Gasteiger partial charge in [0.15, 0.2) is 0 Å². The predicted octanol–water partition coefficient (Wildman–Crippen LogP) is 0.642. The summed E-state index contributed by atoms with van der Waals surface area (Å²) in [5.74, 6) is 0. The van der Waals surface area contributed by atoms with Crippen LogP contribution in [-0.2, 0) is 0 Å². The molecule has 1 rings (SSSR count). The number of piperazine rings is 1. The van der Waals surface area contributed by atoms with Crippen molar-refractivity contribution in [1.29, 1.82) is 0 Å². The maximum absolute atomic E-state index is 2.46. The number of hydrogen-bond donors (Lipinski definition) is 0. The van der Waals surface area contributed by atoms with Crippen molar-refractivity contribution in [2.45, 2.75) is 19.4 Å². The normalized spacial score (nSPS) is 30.9. The summed E-state index contributed by atoms with van der Waals surface area (Å²) in [7, 11) is 4.43. The van der Waals surface area contributed by atoms with Crippen molar-refractivity contribution in [3.8, 4) is 0 Å². The van der Waals surface area contributed by atoms with Gasteiger partial charge in [-0.25, -0.2) is 0 Å². The van der Waals surface area contributed by atoms with Gasteiger partial charge in [-0.05, 0) is 20.5 Å². The second kappa shape index (κ2) is 3.35. The molecule has 0 aromatic heterocycles. The van der Waals surface area contributed by atoms with Crippen LogP contribution in [0.4, 0.5) is 0 Å². The number of rotatable bonds is 1. The zero-order chi connectivity index (χ0) is 7.56. The third-order valence-electron chi connectivity index (χ3n) is 2.45. The molecule has 0 aliphatic carbocycles. The molecule has 1 saturated heterocycles. The largest absolute Gasteiger partial charge is 0.304 e. The Labute approximate surface area is 63.8 Å². The molecule has 0 saturated carbocycles. The molecule has 60 valence electrons. The first kappa shape index (κ1) is 8.02. The second-order valence-electron chi connectivity index (χ2n) is 3.30. The number of likely N-dealkylation sites (N-methyl/N-ethyl adjacent to an activating group) is 2. The molecule has 0 amide bonds. The van der Waals surface area contributed by atoms with E-state index in [2.05, 4.69) is 30.8 Å². The molecule has 0 bridgehead atoms. The van der Waals surface area contributed by atoms with Crippen molar-refractivity contribution in [2.75, 3.05) is 33.7 Å². The summed E-state index contributed by atoms with van der Waals surface area (Å²) in [5, 5.41) is 0. The van der Waals surface area contributed by atoms with Crippen molar-refractivity contribution in [2.24, 2.45) is 0 Å². The topological polar surface area (TPSA) is 6.48 Å². The van der Waals surface area contributed by atoms with Crippen molar-refractivity contribution in [3.05, 3.63) is 0 Å². The van der Waals surface area contributed by atoms with Gasteiger partial charge in [-0.15, -0.1) is 0 Å². The molecular weight excluding hydrogens is 124 g/mol. The van der Waals surface area contributed by atoms with Gasteiger partial charge in [-0.2, -0.15) is 0 Å². The lowest BCUT2D eigenvalue weighted by Crippen LogP contribution is -2.49. The Kier molecular flexibility index (Phi) is 2.69. The van der Waals surface area contributed by atoms with E-state index >= 15 is 0 Å². The maximum atomic E-state index is 2.46. The van der Waals surface area contributed by atoms with Gasteiger partial charge in [0.25, 0.3) is 0 Å². The summed E-state index contributed by atoms with van der Waals surface area (Å²) < 4.78 is 0. The third kappa shape index (κ3) is 1.70. The van der Waals surface area contributed by atoms with Gasteiger partial charge in [0.1, 0.15) is 0 Å². The zero-order valence-electron chi connectivity index (χ0n) is 7.30. The van der Waals surface area contributed by atoms with Crippen LogP contribution in [-0.4, -0.2) is 49.6 Å². The Morgan fingerprint density at radius 3 is 2.50 bits per heavy atom. The van der Waals surface area contributed by atoms with Crippen LogP contribution in [0.5, 0.6) is 0 Å². The van der Waals surface area contributed by atoms with Gasteiger partial charge < -0.3 is 9.80 Å². The molecule has 0 aromatic carbocycles. The molecule has 0 radical (unpaired) electrons. The monoisotopic (exact) mass is 142 g/mol. The summed E-state index contributed by atoms with van der Waals surface area (Å²) in [6.45, 7) is 5.97. The molecule has 1 aliphatic rings. The zero-order valence-corrected chi connectivity index (χ0v) is 7.30. The first-order chi connectivity index (χ1) is 4.74. The molecule has 0 N–H and O–H groups in total. The van der Waals surface area contributed by atoms with Gasteiger partial charge in [0.2, 0.25) is 0 Å². The van der Waals surface area contributed by atoms with E-state index in [9.17, 15) is 0 Å². The highest BCUT2D eigenvalue weighted by atomic mass is 15.3. The fourth-order valence-corrected chi connectivity index (χ4v) is 1.54. The first-order valence-electron chi connectivity index (χ1n) is 4.12. The lowest BCUT2D eigenvalue weighted by Gasteiger charge is -2.37. The number of hydrogen-bond acceptors (Lipinski definition) is 2. The van der Waals surface area contributed by atoms with Crippen LogP contribution in [0.15, 0.2) is 0 Å². The van der Waals surface area contributed by atoms with Crippen molar-refractivity contribution in [3.63, 3.8) is 0 Å². The molecule has 2 heteroatoms. The molecule has 0 aromatic rings. The van der Waals surface area contributed by atoms with Gasteiger partial charge in [-0.1, -0.05) is 6.92 Å². The van der Waals surface area contributed by atoms with Crippen LogP contribution in [0.3, 0.4) is 0 Å². The SMILES string of the molecule is CCC1CN(C)CCN1C. The summed E-state index contributed by atoms with van der Waals surface area (Å²) in [4.78, 5) is 4.87. The predicted molar refractivity (Wildman–Crippen MR) is 44.2 cm³/mol. The molecule has 0 spiro atoms. The standard InChI is InChI=1S/C8H18N2/c1-4-8-7-9(2)5-6-10(8)3/h8H,4-7H2,1-3H3. The summed E-state index contributed by atoms with van der Waals surface area (Å²) in [6.07, 6.45) is 1.28. The minimum Gasteiger partial charge on any atom is -0.304 e. The Balaban J connectivity index is 2.38. The van der Waals surface area contributed by atoms with Gasteiger partial charge >= 0.3 is 0 Å². The van der Waals surface area contributed by atoms with Crippen molar-refractivity contribution < 1.29 is 0 Å². The summed E-state index contributed by atoms with van der Waals surface area (Å²) >= 11 is 0. The molecule has 1 fully saturated rings. The van der Waals surface area contributed by atoms with Crippen LogP contribution in [0.2, 0.25) is 0 Å². The molecule has 10 heavy (non-hydrogen) atoms. The Morgan fingerprint density at radius 2 is 2.00 bits per heavy atom. The maximum Gasteiger partial charge on any atom is 0.0217 e. The van der Waals surface area contributed by atoms with E-state index < -0.39 is 0 Å². The van der Waals surface area contributed by atoms with E-state index in [1.165, 1.54) is 26.1 Å². The lowest BCUT2D eigenvalue weighted by atomic mass is 10.1. The molecule has 1 heterocycles. The van der Waals surface area contributed by atoms with Gasteiger partial charge in [0.05, 0.1) is 0 Å². The van der Waals surface area contributed by atoms with E-state index in [0.717, 1.165) is 6.04 Å². The van der Waals surface area contributed by atoms with Crippen LogP contribution in [0.1, 0.15) is 13.3 Å². The van der Waals surface area contributed by atoms with E-state index in [-0.39, 0.29) is 0 Å². The highest BCUT2D eigenvalue weighted by Gasteiger charge is 2.19. The Morgan fingerprint density at radius 1 is 1.30 bits per heavy atom. The quantitative estimate of drug-likeness (QED) is 0.530. The van der Waals surface area contributed by atoms with E-state index in [1.807, 2.05) is 0 Å². The molecule has 1 unspecified atom stereocenters. The summed E-state index contributed by atoms with van der Waals surface area (Å²) in [6, 6.07) is 0.791. The van der Waals surface area contributed by atoms with E-state index in [4.69, 9.17) is 0 Å². The average molecular weight is 142 g/mol. The fraction of sp³-hybridized carbons (Fsp3) is 1.00. The Hall–Kier alpha value is -0.0800. The lowest BCUT2D eigenvalue weighted by molar-refractivity contribution is 0.112. The van der Waals surface area contributed by atoms with Crippen molar-refractivity contribution >= 4 is 0 Å². The second-order valence-corrected chi connectivity index (χ2v) is 3.30. The van der Waals surface area contributed by atoms with E-state index in [0.29, 0.717) is 0 Å². The van der Waals surface area contributed by atoms with Crippen LogP contribution < -0.4 is 0 Å². The first-order valence-corrected chi connectivity index (χ1v) is 4.12. The minimum absolute atomic E-state index is 0.791. The smallest absolute Gasteiger partial charge is 0.0217 e. The Bertz CT molecular complexity index is 103. The molecule has 2 nitrogen and oxygen atoms in total. The van der Waals surface area contributed by atoms with Crippen molar-refractivity contribution in [1.82, 2.24) is 9.80 Å². The van der Waals surface area contributed by atoms with Crippen LogP contribution in [0.25, 0.3) is 0 Å². The summed E-state index contributed by atoms with van der Waals surface area (Å²) in [5.41, 5.74) is 0. The average Bonchev–Trinajstić information content (AvgIpc) is 1.94. The molecule has 1 aliphatic heterocycles. The van der Waals surface area contributed by atoms with Gasteiger partial charge in [0, 0.05) is 25.7 Å². The van der Waals surface area contributed by atoms with Crippen LogP contribution >= 0.6 is 0 Å².